The van der Waals surface area contributed by atoms with Gasteiger partial charge in [0.2, 0.25) is 0 Å². The van der Waals surface area contributed by atoms with E-state index >= 15 is 0 Å². The molecule has 1 aromatic carbocycles. The molecule has 6 heteroatoms. The van der Waals surface area contributed by atoms with Gasteiger partial charge in [0.1, 0.15) is 0 Å². The van der Waals surface area contributed by atoms with E-state index in [2.05, 4.69) is 10.3 Å². The predicted octanol–water partition coefficient (Wildman–Crippen LogP) is 1.14. The minimum absolute atomic E-state index is 0.193. The first-order valence-corrected chi connectivity index (χ1v) is 7.33. The van der Waals surface area contributed by atoms with Gasteiger partial charge in [-0.05, 0) is 18.2 Å². The highest BCUT2D eigenvalue weighted by atomic mass is 16.5. The van der Waals surface area contributed by atoms with Crippen LogP contribution in [-0.2, 0) is 4.74 Å². The third-order valence-corrected chi connectivity index (χ3v) is 3.91. The van der Waals surface area contributed by atoms with E-state index in [1.165, 1.54) is 0 Å². The second-order valence-electron chi connectivity index (χ2n) is 5.54. The van der Waals surface area contributed by atoms with Crippen molar-refractivity contribution >= 4 is 5.91 Å². The average molecular weight is 301 g/mol. The highest BCUT2D eigenvalue weighted by Crippen LogP contribution is 2.19. The van der Waals surface area contributed by atoms with Crippen LogP contribution in [0.5, 0.6) is 0 Å². The number of aliphatic hydroxyl groups is 1. The van der Waals surface area contributed by atoms with Crippen LogP contribution in [0.4, 0.5) is 0 Å². The number of nitrogens with one attached hydrogen (secondary N) is 1. The topological polar surface area (TPSA) is 76.4 Å². The zero-order valence-corrected chi connectivity index (χ0v) is 12.2. The highest BCUT2D eigenvalue weighted by Gasteiger charge is 2.30. The van der Waals surface area contributed by atoms with Gasteiger partial charge in [0.25, 0.3) is 5.91 Å². The van der Waals surface area contributed by atoms with Crippen LogP contribution < -0.4 is 5.32 Å². The van der Waals surface area contributed by atoms with Crippen LogP contribution in [0, 0.1) is 0 Å². The lowest BCUT2D eigenvalue weighted by atomic mass is 9.94. The van der Waals surface area contributed by atoms with Crippen molar-refractivity contribution in [1.82, 2.24) is 14.9 Å². The van der Waals surface area contributed by atoms with Gasteiger partial charge < -0.3 is 19.7 Å². The van der Waals surface area contributed by atoms with Gasteiger partial charge in [-0.15, -0.1) is 0 Å². The molecule has 2 aromatic rings. The molecular weight excluding hydrogens is 282 g/mol. The summed E-state index contributed by atoms with van der Waals surface area (Å²) in [7, 11) is 0. The Morgan fingerprint density at radius 1 is 1.41 bits per heavy atom. The number of nitrogens with zero attached hydrogens (tertiary/aromatic N) is 2. The first kappa shape index (κ1) is 14.7. The molecule has 116 valence electrons. The Hall–Kier alpha value is -2.18. The summed E-state index contributed by atoms with van der Waals surface area (Å²) in [6, 6.07) is 7.28. The maximum atomic E-state index is 12.3. The van der Waals surface area contributed by atoms with Gasteiger partial charge in [0.05, 0.1) is 11.9 Å². The summed E-state index contributed by atoms with van der Waals surface area (Å²) < 4.78 is 7.07. The minimum atomic E-state index is -0.865. The molecule has 1 aromatic heterocycles. The standard InChI is InChI=1S/C16H19N3O3/c20-15(18-11-16(21)4-8-22-9-5-16)13-2-1-3-14(10-13)19-7-6-17-12-19/h1-3,6-7,10,12,21H,4-5,8-9,11H2,(H,18,20). The lowest BCUT2D eigenvalue weighted by Crippen LogP contribution is -2.46. The smallest absolute Gasteiger partial charge is 0.251 e. The Bertz CT molecular complexity index is 634. The number of rotatable bonds is 4. The molecule has 2 N–H and O–H groups in total. The number of carbonyl (C=O) groups excluding carboxylic acids is 1. The Balaban J connectivity index is 1.66. The fraction of sp³-hybridized carbons (Fsp3) is 0.375. The Labute approximate surface area is 128 Å². The number of imidazole rings is 1. The summed E-state index contributed by atoms with van der Waals surface area (Å²) >= 11 is 0. The molecule has 22 heavy (non-hydrogen) atoms. The number of amides is 1. The first-order chi connectivity index (χ1) is 10.7. The van der Waals surface area contributed by atoms with Gasteiger partial charge in [0.15, 0.2) is 0 Å². The lowest BCUT2D eigenvalue weighted by molar-refractivity contribution is -0.0605. The van der Waals surface area contributed by atoms with Crippen LogP contribution in [0.3, 0.4) is 0 Å². The Morgan fingerprint density at radius 2 is 2.23 bits per heavy atom. The Kier molecular flexibility index (Phi) is 4.22. The third kappa shape index (κ3) is 3.35. The number of ether oxygens (including phenoxy) is 1. The highest BCUT2D eigenvalue weighted by molar-refractivity contribution is 5.94. The zero-order valence-electron chi connectivity index (χ0n) is 12.2. The quantitative estimate of drug-likeness (QED) is 0.888. The van der Waals surface area contributed by atoms with E-state index < -0.39 is 5.60 Å². The normalized spacial score (nSPS) is 17.1. The number of aromatic nitrogens is 2. The van der Waals surface area contributed by atoms with Crippen LogP contribution in [0.25, 0.3) is 5.69 Å². The molecule has 0 bridgehead atoms. The molecule has 0 atom stereocenters. The summed E-state index contributed by atoms with van der Waals surface area (Å²) in [5.74, 6) is -0.193. The lowest BCUT2D eigenvalue weighted by Gasteiger charge is -2.32. The molecule has 1 aliphatic rings. The molecule has 2 heterocycles. The van der Waals surface area contributed by atoms with E-state index in [1.54, 1.807) is 24.7 Å². The van der Waals surface area contributed by atoms with Crippen LogP contribution in [0.15, 0.2) is 43.0 Å². The molecule has 0 saturated carbocycles. The fourth-order valence-corrected chi connectivity index (χ4v) is 2.49. The van der Waals surface area contributed by atoms with Crippen molar-refractivity contribution in [2.45, 2.75) is 18.4 Å². The summed E-state index contributed by atoms with van der Waals surface area (Å²) in [6.45, 7) is 1.30. The molecule has 1 saturated heterocycles. The van der Waals surface area contributed by atoms with Crippen molar-refractivity contribution in [2.75, 3.05) is 19.8 Å². The van der Waals surface area contributed by atoms with Crippen molar-refractivity contribution in [1.29, 1.82) is 0 Å². The fourth-order valence-electron chi connectivity index (χ4n) is 2.49. The molecule has 1 aliphatic heterocycles. The number of carbonyl (C=O) groups is 1. The van der Waals surface area contributed by atoms with Crippen LogP contribution in [0.1, 0.15) is 23.2 Å². The summed E-state index contributed by atoms with van der Waals surface area (Å²) in [6.07, 6.45) is 6.28. The van der Waals surface area contributed by atoms with Gasteiger partial charge in [-0.2, -0.15) is 0 Å². The minimum Gasteiger partial charge on any atom is -0.388 e. The van der Waals surface area contributed by atoms with Crippen LogP contribution in [-0.4, -0.2) is 45.9 Å². The van der Waals surface area contributed by atoms with E-state index in [9.17, 15) is 9.90 Å². The van der Waals surface area contributed by atoms with Crippen LogP contribution in [0.2, 0.25) is 0 Å². The van der Waals surface area contributed by atoms with E-state index in [0.717, 1.165) is 5.69 Å². The molecule has 1 fully saturated rings. The third-order valence-electron chi connectivity index (χ3n) is 3.91. The molecule has 0 unspecified atom stereocenters. The largest absolute Gasteiger partial charge is 0.388 e. The average Bonchev–Trinajstić information content (AvgIpc) is 3.08. The summed E-state index contributed by atoms with van der Waals surface area (Å²) in [5, 5.41) is 13.2. The van der Waals surface area contributed by atoms with Crippen molar-refractivity contribution in [3.05, 3.63) is 48.5 Å². The molecular formula is C16H19N3O3. The van der Waals surface area contributed by atoms with Gasteiger partial charge >= 0.3 is 0 Å². The molecule has 3 rings (SSSR count). The van der Waals surface area contributed by atoms with Crippen molar-refractivity contribution in [3.63, 3.8) is 0 Å². The zero-order chi connectivity index (χ0) is 15.4. The van der Waals surface area contributed by atoms with E-state index in [0.29, 0.717) is 31.6 Å². The molecule has 6 nitrogen and oxygen atoms in total. The van der Waals surface area contributed by atoms with E-state index in [-0.39, 0.29) is 12.5 Å². The molecule has 0 aliphatic carbocycles. The monoisotopic (exact) mass is 301 g/mol. The molecule has 1 amide bonds. The van der Waals surface area contributed by atoms with E-state index in [4.69, 9.17) is 4.74 Å². The van der Waals surface area contributed by atoms with Crippen molar-refractivity contribution in [3.8, 4) is 5.69 Å². The number of hydrogen-bond acceptors (Lipinski definition) is 4. The van der Waals surface area contributed by atoms with Gasteiger partial charge in [0, 0.05) is 56.2 Å². The predicted molar refractivity (Wildman–Crippen MR) is 80.9 cm³/mol. The van der Waals surface area contributed by atoms with Crippen molar-refractivity contribution in [2.24, 2.45) is 0 Å². The van der Waals surface area contributed by atoms with Gasteiger partial charge in [-0.3, -0.25) is 4.79 Å². The molecule has 0 spiro atoms. The second kappa shape index (κ2) is 6.29. The van der Waals surface area contributed by atoms with Gasteiger partial charge in [-0.1, -0.05) is 6.07 Å². The Morgan fingerprint density at radius 3 is 2.95 bits per heavy atom. The maximum Gasteiger partial charge on any atom is 0.251 e. The number of hydrogen-bond donors (Lipinski definition) is 2. The maximum absolute atomic E-state index is 12.3. The van der Waals surface area contributed by atoms with Crippen molar-refractivity contribution < 1.29 is 14.6 Å². The summed E-state index contributed by atoms with van der Waals surface area (Å²) in [5.41, 5.74) is 0.562. The molecule has 0 radical (unpaired) electrons. The SMILES string of the molecule is O=C(NCC1(O)CCOCC1)c1cccc(-n2ccnc2)c1. The summed E-state index contributed by atoms with van der Waals surface area (Å²) in [4.78, 5) is 16.3. The van der Waals surface area contributed by atoms with Crippen LogP contribution >= 0.6 is 0 Å². The second-order valence-corrected chi connectivity index (χ2v) is 5.54. The number of benzene rings is 1. The van der Waals surface area contributed by atoms with Gasteiger partial charge in [-0.25, -0.2) is 4.98 Å². The first-order valence-electron chi connectivity index (χ1n) is 7.33. The van der Waals surface area contributed by atoms with E-state index in [1.807, 2.05) is 22.9 Å².